The summed E-state index contributed by atoms with van der Waals surface area (Å²) < 4.78 is 0. The van der Waals surface area contributed by atoms with Crippen LogP contribution in [0.5, 0.6) is 5.75 Å². The summed E-state index contributed by atoms with van der Waals surface area (Å²) in [6.07, 6.45) is 0.261. The van der Waals surface area contributed by atoms with Crippen molar-refractivity contribution in [1.29, 1.82) is 0 Å². The molecular formula is C30H30O7. The van der Waals surface area contributed by atoms with Crippen molar-refractivity contribution < 1.29 is 34.8 Å². The van der Waals surface area contributed by atoms with Gasteiger partial charge in [0.25, 0.3) is 0 Å². The van der Waals surface area contributed by atoms with Crippen LogP contribution < -0.4 is 0 Å². The monoisotopic (exact) mass is 502 g/mol. The highest BCUT2D eigenvalue weighted by Gasteiger charge is 2.59. The van der Waals surface area contributed by atoms with Crippen LogP contribution in [0.25, 0.3) is 11.1 Å². The van der Waals surface area contributed by atoms with Gasteiger partial charge >= 0.3 is 0 Å². The lowest BCUT2D eigenvalue weighted by atomic mass is 9.59. The molecule has 0 fully saturated rings. The molecule has 0 amide bonds. The van der Waals surface area contributed by atoms with Crippen molar-refractivity contribution in [2.24, 2.45) is 11.8 Å². The number of rotatable bonds is 3. The Bertz CT molecular complexity index is 1440. The fourth-order valence-corrected chi connectivity index (χ4v) is 6.24. The van der Waals surface area contributed by atoms with E-state index in [0.717, 1.165) is 18.1 Å². The number of phenols is 1. The van der Waals surface area contributed by atoms with Crippen molar-refractivity contribution in [3.63, 3.8) is 0 Å². The van der Waals surface area contributed by atoms with Gasteiger partial charge in [0.1, 0.15) is 22.8 Å². The van der Waals surface area contributed by atoms with E-state index in [4.69, 9.17) is 0 Å². The fourth-order valence-electron chi connectivity index (χ4n) is 6.24. The van der Waals surface area contributed by atoms with Gasteiger partial charge in [-0.3, -0.25) is 14.4 Å². The molecule has 0 saturated heterocycles. The zero-order valence-corrected chi connectivity index (χ0v) is 21.3. The summed E-state index contributed by atoms with van der Waals surface area (Å²) in [5.74, 6) is -4.96. The third kappa shape index (κ3) is 3.48. The van der Waals surface area contributed by atoms with E-state index in [9.17, 15) is 34.8 Å². The van der Waals surface area contributed by atoms with Crippen LogP contribution in [0.3, 0.4) is 0 Å². The molecule has 7 heteroatoms. The molecule has 192 valence electrons. The maximum absolute atomic E-state index is 13.8. The highest BCUT2D eigenvalue weighted by molar-refractivity contribution is 6.25. The summed E-state index contributed by atoms with van der Waals surface area (Å²) in [5.41, 5.74) is 0.882. The molecule has 0 radical (unpaired) electrons. The van der Waals surface area contributed by atoms with Crippen LogP contribution in [-0.4, -0.2) is 43.4 Å². The lowest BCUT2D eigenvalue weighted by Gasteiger charge is -2.45. The smallest absolute Gasteiger partial charge is 0.209 e. The van der Waals surface area contributed by atoms with Gasteiger partial charge in [0.15, 0.2) is 17.2 Å². The van der Waals surface area contributed by atoms with E-state index in [1.54, 1.807) is 6.92 Å². The quantitative estimate of drug-likeness (QED) is 0.444. The molecule has 3 aliphatic carbocycles. The number of benzene rings is 2. The third-order valence-corrected chi connectivity index (χ3v) is 8.25. The number of carbonyl (C=O) groups excluding carboxylic acids is 3. The second kappa shape index (κ2) is 8.42. The molecule has 2 aromatic carbocycles. The summed E-state index contributed by atoms with van der Waals surface area (Å²) in [6.45, 7) is 7.00. The van der Waals surface area contributed by atoms with Crippen LogP contribution in [0.2, 0.25) is 0 Å². The van der Waals surface area contributed by atoms with Crippen LogP contribution in [0, 0.1) is 18.8 Å². The van der Waals surface area contributed by atoms with Gasteiger partial charge in [-0.15, -0.1) is 0 Å². The molecule has 0 saturated carbocycles. The van der Waals surface area contributed by atoms with Gasteiger partial charge in [-0.05, 0) is 72.4 Å². The zero-order chi connectivity index (χ0) is 27.0. The van der Waals surface area contributed by atoms with Crippen LogP contribution in [0.1, 0.15) is 66.6 Å². The number of carbonyl (C=O) groups is 3. The third-order valence-electron chi connectivity index (χ3n) is 8.25. The van der Waals surface area contributed by atoms with Crippen molar-refractivity contribution in [2.45, 2.75) is 58.5 Å². The number of aromatic hydroxyl groups is 1. The molecule has 0 aliphatic heterocycles. The molecule has 37 heavy (non-hydrogen) atoms. The number of aliphatic hydroxyl groups excluding tert-OH is 2. The van der Waals surface area contributed by atoms with E-state index in [-0.39, 0.29) is 29.7 Å². The van der Waals surface area contributed by atoms with Crippen molar-refractivity contribution in [3.8, 4) is 16.9 Å². The largest absolute Gasteiger partial charge is 0.511 e. The molecular weight excluding hydrogens is 472 g/mol. The first kappa shape index (κ1) is 25.0. The van der Waals surface area contributed by atoms with Crippen molar-refractivity contribution in [2.75, 3.05) is 0 Å². The van der Waals surface area contributed by atoms with E-state index in [2.05, 4.69) is 13.8 Å². The van der Waals surface area contributed by atoms with Crippen molar-refractivity contribution in [3.05, 3.63) is 75.3 Å². The summed E-state index contributed by atoms with van der Waals surface area (Å²) in [6, 6.07) is 9.89. The number of allylic oxidation sites excluding steroid dienone is 2. The molecule has 0 unspecified atom stereocenters. The SMILES string of the molecule is CC(=O)C1=C(O)C[C@H]2C[C@H]3Cc4c(-c5ccc(C(C)C)cc5)cc(C)c(O)c4C(=O)C3=C(O)[C@@]2(O)C1=O. The predicted molar refractivity (Wildman–Crippen MR) is 137 cm³/mol. The van der Waals surface area contributed by atoms with Gasteiger partial charge in [-0.2, -0.15) is 0 Å². The Morgan fingerprint density at radius 2 is 1.70 bits per heavy atom. The lowest BCUT2D eigenvalue weighted by molar-refractivity contribution is -0.144. The Balaban J connectivity index is 1.68. The summed E-state index contributed by atoms with van der Waals surface area (Å²) in [5, 5.41) is 44.0. The molecule has 0 bridgehead atoms. The number of aliphatic hydroxyl groups is 3. The fraction of sp³-hybridized carbons (Fsp3) is 0.367. The summed E-state index contributed by atoms with van der Waals surface area (Å²) in [4.78, 5) is 39.0. The molecule has 5 rings (SSSR count). The minimum atomic E-state index is -2.48. The van der Waals surface area contributed by atoms with E-state index < -0.39 is 51.9 Å². The van der Waals surface area contributed by atoms with Gasteiger partial charge in [0.05, 0.1) is 5.56 Å². The Morgan fingerprint density at radius 1 is 1.05 bits per heavy atom. The van der Waals surface area contributed by atoms with Crippen molar-refractivity contribution in [1.82, 2.24) is 0 Å². The molecule has 3 atom stereocenters. The predicted octanol–water partition coefficient (Wildman–Crippen LogP) is 4.78. The molecule has 0 spiro atoms. The van der Waals surface area contributed by atoms with Gasteiger partial charge in [0, 0.05) is 17.9 Å². The maximum atomic E-state index is 13.8. The molecule has 2 aromatic rings. The number of hydrogen-bond acceptors (Lipinski definition) is 7. The second-order valence-electron chi connectivity index (χ2n) is 10.8. The average molecular weight is 503 g/mol. The Kier molecular flexibility index (Phi) is 5.68. The highest BCUT2D eigenvalue weighted by atomic mass is 16.3. The number of Topliss-reactive ketones (excluding diaryl/α,β-unsaturated/α-hetero) is 3. The topological polar surface area (TPSA) is 132 Å². The Labute approximate surface area is 214 Å². The minimum absolute atomic E-state index is 0.0521. The van der Waals surface area contributed by atoms with Crippen molar-refractivity contribution >= 4 is 17.3 Å². The number of hydrogen-bond donors (Lipinski definition) is 4. The normalized spacial score (nSPS) is 25.2. The average Bonchev–Trinajstić information content (AvgIpc) is 2.83. The first-order chi connectivity index (χ1) is 17.4. The van der Waals surface area contributed by atoms with Gasteiger partial charge in [-0.1, -0.05) is 38.1 Å². The molecule has 7 nitrogen and oxygen atoms in total. The van der Waals surface area contributed by atoms with E-state index in [1.807, 2.05) is 30.3 Å². The number of ketones is 3. The van der Waals surface area contributed by atoms with E-state index in [1.165, 1.54) is 5.56 Å². The van der Waals surface area contributed by atoms with Gasteiger partial charge in [0.2, 0.25) is 5.78 Å². The number of fused-ring (bicyclic) bond motifs is 3. The van der Waals surface area contributed by atoms with Crippen LogP contribution in [0.15, 0.2) is 53.0 Å². The summed E-state index contributed by atoms with van der Waals surface area (Å²) >= 11 is 0. The van der Waals surface area contributed by atoms with Crippen LogP contribution in [0.4, 0.5) is 0 Å². The first-order valence-electron chi connectivity index (χ1n) is 12.5. The molecule has 3 aliphatic rings. The zero-order valence-electron chi connectivity index (χ0n) is 21.3. The summed E-state index contributed by atoms with van der Waals surface area (Å²) in [7, 11) is 0. The lowest BCUT2D eigenvalue weighted by Crippen LogP contribution is -2.56. The molecule has 0 heterocycles. The van der Waals surface area contributed by atoms with E-state index >= 15 is 0 Å². The second-order valence-corrected chi connectivity index (χ2v) is 10.8. The number of aryl methyl sites for hydroxylation is 1. The minimum Gasteiger partial charge on any atom is -0.511 e. The van der Waals surface area contributed by atoms with Crippen LogP contribution >= 0.6 is 0 Å². The highest BCUT2D eigenvalue weighted by Crippen LogP contribution is 2.52. The first-order valence-corrected chi connectivity index (χ1v) is 12.5. The molecule has 4 N–H and O–H groups in total. The number of phenolic OH excluding ortho intramolecular Hbond substituents is 1. The van der Waals surface area contributed by atoms with Gasteiger partial charge in [-0.25, -0.2) is 0 Å². The Morgan fingerprint density at radius 3 is 2.30 bits per heavy atom. The Hall–Kier alpha value is -3.71. The van der Waals surface area contributed by atoms with Crippen LogP contribution in [-0.2, 0) is 16.0 Å². The molecule has 0 aromatic heterocycles. The van der Waals surface area contributed by atoms with E-state index in [0.29, 0.717) is 23.5 Å². The standard InChI is InChI=1S/C30H30O7/c1-13(2)16-5-7-17(8-6-16)20-9-14(3)26(33)25-21(20)11-18-10-19-12-22(32)23(15(4)31)28(35)30(19,37)29(36)24(18)27(25)34/h5-9,13,18-19,32-33,36-37H,10-12H2,1-4H3/t18-,19+,30-/m0/s1. The maximum Gasteiger partial charge on any atom is 0.209 e. The van der Waals surface area contributed by atoms with Gasteiger partial charge < -0.3 is 20.4 Å².